The molecule has 0 spiro atoms. The van der Waals surface area contributed by atoms with E-state index in [1.165, 1.54) is 21.9 Å². The van der Waals surface area contributed by atoms with E-state index in [1.54, 1.807) is 0 Å². The van der Waals surface area contributed by atoms with Gasteiger partial charge in [-0.3, -0.25) is 4.98 Å². The molecule has 0 N–H and O–H groups in total. The van der Waals surface area contributed by atoms with Crippen molar-refractivity contribution in [2.75, 3.05) is 0 Å². The van der Waals surface area contributed by atoms with E-state index in [4.69, 9.17) is 0 Å². The highest BCUT2D eigenvalue weighted by atomic mass is 14.6. The third kappa shape index (κ3) is 0.903. The molecule has 1 heterocycles. The van der Waals surface area contributed by atoms with Crippen molar-refractivity contribution in [2.24, 2.45) is 0 Å². The van der Waals surface area contributed by atoms with Gasteiger partial charge in [-0.1, -0.05) is 24.3 Å². The molecule has 0 saturated carbocycles. The Morgan fingerprint density at radius 3 is 3.15 bits per heavy atom. The molecule has 1 aromatic heterocycles. The number of aromatic nitrogens is 1. The number of hydrogen-bond acceptors (Lipinski definition) is 1. The normalized spacial score (nSPS) is 13.5. The van der Waals surface area contributed by atoms with Gasteiger partial charge in [0, 0.05) is 17.8 Å². The van der Waals surface area contributed by atoms with E-state index in [0.29, 0.717) is 0 Å². The summed E-state index contributed by atoms with van der Waals surface area (Å²) in [5.41, 5.74) is 2.77. The molecule has 0 radical (unpaired) electrons. The van der Waals surface area contributed by atoms with Crippen LogP contribution in [0.3, 0.4) is 0 Å². The van der Waals surface area contributed by atoms with Gasteiger partial charge in [0.15, 0.2) is 0 Å². The zero-order valence-electron chi connectivity index (χ0n) is 7.20. The highest BCUT2D eigenvalue weighted by Gasteiger charge is 2.08. The van der Waals surface area contributed by atoms with E-state index in [1.807, 2.05) is 12.4 Å². The third-order valence-electron chi connectivity index (χ3n) is 2.59. The summed E-state index contributed by atoms with van der Waals surface area (Å²) in [7, 11) is 0. The van der Waals surface area contributed by atoms with Crippen LogP contribution >= 0.6 is 0 Å². The molecule has 1 nitrogen and oxygen atoms in total. The van der Waals surface area contributed by atoms with Gasteiger partial charge in [-0.15, -0.1) is 0 Å². The highest BCUT2D eigenvalue weighted by Crippen LogP contribution is 2.27. The molecule has 1 heteroatoms. The number of nitrogens with zero attached hydrogens (tertiary/aromatic N) is 1. The van der Waals surface area contributed by atoms with Crippen molar-refractivity contribution in [1.29, 1.82) is 0 Å². The number of benzene rings is 1. The van der Waals surface area contributed by atoms with Gasteiger partial charge in [0.25, 0.3) is 0 Å². The van der Waals surface area contributed by atoms with E-state index in [2.05, 4.69) is 35.3 Å². The number of hydrogen-bond donors (Lipinski definition) is 0. The van der Waals surface area contributed by atoms with Crippen LogP contribution in [0.15, 0.2) is 36.7 Å². The van der Waals surface area contributed by atoms with Gasteiger partial charge >= 0.3 is 0 Å². The molecule has 0 unspecified atom stereocenters. The fraction of sp³-hybridized carbons (Fsp3) is 0.0833. The van der Waals surface area contributed by atoms with Crippen molar-refractivity contribution in [3.63, 3.8) is 0 Å². The van der Waals surface area contributed by atoms with Crippen LogP contribution < -0.4 is 0 Å². The van der Waals surface area contributed by atoms with Crippen LogP contribution in [0.5, 0.6) is 0 Å². The lowest BCUT2D eigenvalue weighted by Crippen LogP contribution is -1.85. The molecule has 1 aliphatic rings. The lowest BCUT2D eigenvalue weighted by atomic mass is 10.0. The Labute approximate surface area is 76.7 Å². The summed E-state index contributed by atoms with van der Waals surface area (Å²) in [6.45, 7) is 0. The Kier molecular flexibility index (Phi) is 1.28. The average molecular weight is 167 g/mol. The molecule has 0 bridgehead atoms. The van der Waals surface area contributed by atoms with E-state index in [9.17, 15) is 0 Å². The fourth-order valence-corrected chi connectivity index (χ4v) is 1.93. The van der Waals surface area contributed by atoms with Gasteiger partial charge in [-0.25, -0.2) is 0 Å². The number of fused-ring (bicyclic) bond motifs is 3. The Morgan fingerprint density at radius 2 is 2.15 bits per heavy atom. The summed E-state index contributed by atoms with van der Waals surface area (Å²) >= 11 is 0. The minimum absolute atomic E-state index is 1.05. The monoisotopic (exact) mass is 167 g/mol. The Hall–Kier alpha value is -1.63. The lowest BCUT2D eigenvalue weighted by Gasteiger charge is -2.03. The van der Waals surface area contributed by atoms with Crippen molar-refractivity contribution in [3.8, 4) is 0 Å². The summed E-state index contributed by atoms with van der Waals surface area (Å²) in [4.78, 5) is 4.16. The first kappa shape index (κ1) is 6.84. The Bertz CT molecular complexity index is 497. The summed E-state index contributed by atoms with van der Waals surface area (Å²) < 4.78 is 0. The SMILES string of the molecule is C1=Cc2ccc3ccncc3c2C1. The summed E-state index contributed by atoms with van der Waals surface area (Å²) in [6.07, 6.45) is 9.25. The zero-order valence-corrected chi connectivity index (χ0v) is 7.20. The molecular weight excluding hydrogens is 158 g/mol. The standard InChI is InChI=1S/C12H9N/c1-2-9-4-5-10-6-7-13-8-12(10)11(9)3-1/h1-2,4-8H,3H2. The maximum absolute atomic E-state index is 4.16. The van der Waals surface area contributed by atoms with Crippen LogP contribution in [0.25, 0.3) is 16.8 Å². The molecule has 0 amide bonds. The molecule has 62 valence electrons. The van der Waals surface area contributed by atoms with Crippen LogP contribution in [-0.2, 0) is 6.42 Å². The van der Waals surface area contributed by atoms with Crippen molar-refractivity contribution in [2.45, 2.75) is 6.42 Å². The van der Waals surface area contributed by atoms with E-state index in [0.717, 1.165) is 6.42 Å². The lowest BCUT2D eigenvalue weighted by molar-refractivity contribution is 1.31. The maximum Gasteiger partial charge on any atom is 0.0349 e. The quantitative estimate of drug-likeness (QED) is 0.588. The molecule has 0 aliphatic heterocycles. The van der Waals surface area contributed by atoms with Crippen molar-refractivity contribution >= 4 is 16.8 Å². The topological polar surface area (TPSA) is 12.9 Å². The first-order valence-electron chi connectivity index (χ1n) is 4.47. The van der Waals surface area contributed by atoms with Crippen LogP contribution in [0.1, 0.15) is 11.1 Å². The van der Waals surface area contributed by atoms with Crippen molar-refractivity contribution in [1.82, 2.24) is 4.98 Å². The highest BCUT2D eigenvalue weighted by molar-refractivity contribution is 5.89. The predicted octanol–water partition coefficient (Wildman–Crippen LogP) is 2.80. The first-order chi connectivity index (χ1) is 6.45. The minimum Gasteiger partial charge on any atom is -0.264 e. The second-order valence-corrected chi connectivity index (χ2v) is 3.34. The Balaban J connectivity index is 2.46. The molecule has 0 fully saturated rings. The largest absolute Gasteiger partial charge is 0.264 e. The number of rotatable bonds is 0. The maximum atomic E-state index is 4.16. The molecule has 1 aromatic carbocycles. The second kappa shape index (κ2) is 2.43. The van der Waals surface area contributed by atoms with Crippen LogP contribution in [0.2, 0.25) is 0 Å². The van der Waals surface area contributed by atoms with Crippen molar-refractivity contribution < 1.29 is 0 Å². The predicted molar refractivity (Wildman–Crippen MR) is 54.5 cm³/mol. The van der Waals surface area contributed by atoms with Gasteiger partial charge in [-0.05, 0) is 29.0 Å². The van der Waals surface area contributed by atoms with Gasteiger partial charge in [-0.2, -0.15) is 0 Å². The number of allylic oxidation sites excluding steroid dienone is 1. The zero-order chi connectivity index (χ0) is 8.67. The second-order valence-electron chi connectivity index (χ2n) is 3.34. The first-order valence-corrected chi connectivity index (χ1v) is 4.47. The average Bonchev–Trinajstić information content (AvgIpc) is 2.65. The molecule has 0 saturated heterocycles. The minimum atomic E-state index is 1.05. The van der Waals surface area contributed by atoms with Gasteiger partial charge < -0.3 is 0 Å². The van der Waals surface area contributed by atoms with Gasteiger partial charge in [0.05, 0.1) is 0 Å². The Morgan fingerprint density at radius 1 is 1.15 bits per heavy atom. The molecule has 13 heavy (non-hydrogen) atoms. The summed E-state index contributed by atoms with van der Waals surface area (Å²) in [5, 5.41) is 2.59. The van der Waals surface area contributed by atoms with Crippen LogP contribution in [0.4, 0.5) is 0 Å². The van der Waals surface area contributed by atoms with E-state index in [-0.39, 0.29) is 0 Å². The summed E-state index contributed by atoms with van der Waals surface area (Å²) in [6, 6.07) is 6.40. The number of pyridine rings is 1. The van der Waals surface area contributed by atoms with Crippen molar-refractivity contribution in [3.05, 3.63) is 47.8 Å². The summed E-state index contributed by atoms with van der Waals surface area (Å²) in [5.74, 6) is 0. The van der Waals surface area contributed by atoms with E-state index < -0.39 is 0 Å². The van der Waals surface area contributed by atoms with E-state index >= 15 is 0 Å². The fourth-order valence-electron chi connectivity index (χ4n) is 1.93. The third-order valence-corrected chi connectivity index (χ3v) is 2.59. The molecule has 1 aliphatic carbocycles. The van der Waals surface area contributed by atoms with Crippen LogP contribution in [-0.4, -0.2) is 4.98 Å². The molecule has 0 atom stereocenters. The smallest absolute Gasteiger partial charge is 0.0349 e. The van der Waals surface area contributed by atoms with Crippen LogP contribution in [0, 0.1) is 0 Å². The van der Waals surface area contributed by atoms with Gasteiger partial charge in [0.1, 0.15) is 0 Å². The molecule has 3 rings (SSSR count). The molecule has 2 aromatic rings. The molecular formula is C12H9N. The van der Waals surface area contributed by atoms with Gasteiger partial charge in [0.2, 0.25) is 0 Å².